The summed E-state index contributed by atoms with van der Waals surface area (Å²) in [6, 6.07) is 0.593. The van der Waals surface area contributed by atoms with Crippen LogP contribution < -0.4 is 5.32 Å². The predicted molar refractivity (Wildman–Crippen MR) is 77.0 cm³/mol. The van der Waals surface area contributed by atoms with Crippen LogP contribution in [0.3, 0.4) is 0 Å². The SMILES string of the molecule is CC(CCS(C)=O)NC1CCCC(S(C)(=O)=O)C1. The van der Waals surface area contributed by atoms with Crippen LogP contribution in [0.25, 0.3) is 0 Å². The second kappa shape index (κ2) is 7.01. The highest BCUT2D eigenvalue weighted by molar-refractivity contribution is 7.91. The Morgan fingerprint density at radius 3 is 2.61 bits per heavy atom. The Kier molecular flexibility index (Phi) is 6.27. The van der Waals surface area contributed by atoms with Gasteiger partial charge in [-0.05, 0) is 32.6 Å². The van der Waals surface area contributed by atoms with E-state index in [1.807, 2.05) is 0 Å². The van der Waals surface area contributed by atoms with Crippen molar-refractivity contribution in [2.45, 2.75) is 56.4 Å². The normalized spacial score (nSPS) is 28.8. The number of nitrogens with one attached hydrogen (secondary N) is 1. The summed E-state index contributed by atoms with van der Waals surface area (Å²) in [7, 11) is -3.66. The molecule has 4 atom stereocenters. The molecule has 1 rings (SSSR count). The average molecular weight is 295 g/mol. The fourth-order valence-corrected chi connectivity index (χ4v) is 4.38. The second-order valence-electron chi connectivity index (χ2n) is 5.45. The highest BCUT2D eigenvalue weighted by Crippen LogP contribution is 2.24. The maximum absolute atomic E-state index is 11.6. The molecule has 1 aliphatic rings. The monoisotopic (exact) mass is 295 g/mol. The molecule has 6 heteroatoms. The van der Waals surface area contributed by atoms with E-state index in [-0.39, 0.29) is 5.25 Å². The van der Waals surface area contributed by atoms with Crippen molar-refractivity contribution in [1.29, 1.82) is 0 Å². The van der Waals surface area contributed by atoms with Crippen molar-refractivity contribution in [2.24, 2.45) is 0 Å². The minimum absolute atomic E-state index is 0.184. The summed E-state index contributed by atoms with van der Waals surface area (Å²) in [5.41, 5.74) is 0. The van der Waals surface area contributed by atoms with Crippen molar-refractivity contribution in [2.75, 3.05) is 18.3 Å². The molecule has 1 aliphatic carbocycles. The Morgan fingerprint density at radius 2 is 2.06 bits per heavy atom. The molecule has 0 aromatic carbocycles. The van der Waals surface area contributed by atoms with Crippen molar-refractivity contribution < 1.29 is 12.6 Å². The third-order valence-corrected chi connectivity index (χ3v) is 6.04. The van der Waals surface area contributed by atoms with Crippen LogP contribution in [0.4, 0.5) is 0 Å². The van der Waals surface area contributed by atoms with E-state index in [1.165, 1.54) is 6.26 Å². The van der Waals surface area contributed by atoms with E-state index >= 15 is 0 Å². The zero-order chi connectivity index (χ0) is 13.8. The van der Waals surface area contributed by atoms with Gasteiger partial charge in [-0.25, -0.2) is 8.42 Å². The van der Waals surface area contributed by atoms with Gasteiger partial charge in [0.1, 0.15) is 9.84 Å². The Labute approximate surface area is 113 Å². The molecule has 0 radical (unpaired) electrons. The number of hydrogen-bond acceptors (Lipinski definition) is 4. The molecule has 0 amide bonds. The number of sulfone groups is 1. The standard InChI is InChI=1S/C12H25NO3S2/c1-10(7-8-17(2)14)13-11-5-4-6-12(9-11)18(3,15)16/h10-13H,4-9H2,1-3H3. The van der Waals surface area contributed by atoms with Crippen molar-refractivity contribution in [3.05, 3.63) is 0 Å². The van der Waals surface area contributed by atoms with Gasteiger partial charge in [0.2, 0.25) is 0 Å². The maximum Gasteiger partial charge on any atom is 0.150 e. The molecule has 0 saturated heterocycles. The predicted octanol–water partition coefficient (Wildman–Crippen LogP) is 1.09. The fourth-order valence-electron chi connectivity index (χ4n) is 2.51. The van der Waals surface area contributed by atoms with Gasteiger partial charge in [0.05, 0.1) is 5.25 Å². The summed E-state index contributed by atoms with van der Waals surface area (Å²) in [4.78, 5) is 0. The van der Waals surface area contributed by atoms with Crippen LogP contribution in [0.15, 0.2) is 0 Å². The van der Waals surface area contributed by atoms with E-state index in [2.05, 4.69) is 12.2 Å². The Balaban J connectivity index is 2.40. The molecule has 0 aromatic heterocycles. The first-order valence-electron chi connectivity index (χ1n) is 6.54. The third kappa shape index (κ3) is 5.80. The van der Waals surface area contributed by atoms with Gasteiger partial charge in [-0.2, -0.15) is 0 Å². The van der Waals surface area contributed by atoms with E-state index in [9.17, 15) is 12.6 Å². The van der Waals surface area contributed by atoms with Gasteiger partial charge >= 0.3 is 0 Å². The van der Waals surface area contributed by atoms with E-state index in [0.717, 1.165) is 32.1 Å². The zero-order valence-corrected chi connectivity index (χ0v) is 13.1. The van der Waals surface area contributed by atoms with Gasteiger partial charge in [-0.3, -0.25) is 4.21 Å². The van der Waals surface area contributed by atoms with E-state index in [1.54, 1.807) is 6.26 Å². The molecule has 1 N–H and O–H groups in total. The lowest BCUT2D eigenvalue weighted by Gasteiger charge is -2.31. The first-order chi connectivity index (χ1) is 8.29. The van der Waals surface area contributed by atoms with Gasteiger partial charge in [-0.1, -0.05) is 6.42 Å². The van der Waals surface area contributed by atoms with Gasteiger partial charge < -0.3 is 5.32 Å². The molecule has 0 heterocycles. The molecule has 1 fully saturated rings. The fraction of sp³-hybridized carbons (Fsp3) is 1.00. The lowest BCUT2D eigenvalue weighted by atomic mass is 9.94. The summed E-state index contributed by atoms with van der Waals surface area (Å²) < 4.78 is 34.2. The molecule has 108 valence electrons. The molecule has 18 heavy (non-hydrogen) atoms. The van der Waals surface area contributed by atoms with Gasteiger partial charge in [0.25, 0.3) is 0 Å². The molecule has 4 unspecified atom stereocenters. The molecule has 0 aromatic rings. The van der Waals surface area contributed by atoms with Crippen LogP contribution in [0.2, 0.25) is 0 Å². The lowest BCUT2D eigenvalue weighted by Crippen LogP contribution is -2.43. The summed E-state index contributed by atoms with van der Waals surface area (Å²) in [6.45, 7) is 2.08. The highest BCUT2D eigenvalue weighted by Gasteiger charge is 2.29. The minimum atomic E-state index is -2.91. The number of hydrogen-bond donors (Lipinski definition) is 1. The quantitative estimate of drug-likeness (QED) is 0.797. The van der Waals surface area contributed by atoms with Crippen LogP contribution in [-0.2, 0) is 20.6 Å². The van der Waals surface area contributed by atoms with Crippen LogP contribution in [0.1, 0.15) is 39.0 Å². The number of rotatable bonds is 6. The largest absolute Gasteiger partial charge is 0.311 e. The van der Waals surface area contributed by atoms with Crippen LogP contribution >= 0.6 is 0 Å². The van der Waals surface area contributed by atoms with E-state index in [0.29, 0.717) is 17.8 Å². The molecule has 1 saturated carbocycles. The Morgan fingerprint density at radius 1 is 1.39 bits per heavy atom. The van der Waals surface area contributed by atoms with Crippen LogP contribution in [-0.4, -0.2) is 48.2 Å². The zero-order valence-electron chi connectivity index (χ0n) is 11.5. The smallest absolute Gasteiger partial charge is 0.150 e. The topological polar surface area (TPSA) is 63.2 Å². The third-order valence-electron chi connectivity index (χ3n) is 3.59. The first-order valence-corrected chi connectivity index (χ1v) is 10.2. The Bertz CT molecular complexity index is 381. The first kappa shape index (κ1) is 16.1. The molecule has 4 nitrogen and oxygen atoms in total. The van der Waals surface area contributed by atoms with Crippen molar-refractivity contribution in [3.8, 4) is 0 Å². The van der Waals surface area contributed by atoms with Crippen LogP contribution in [0, 0.1) is 0 Å². The van der Waals surface area contributed by atoms with Crippen molar-refractivity contribution in [1.82, 2.24) is 5.32 Å². The highest BCUT2D eigenvalue weighted by atomic mass is 32.2. The molecule has 0 aliphatic heterocycles. The van der Waals surface area contributed by atoms with Crippen LogP contribution in [0.5, 0.6) is 0 Å². The summed E-state index contributed by atoms with van der Waals surface area (Å²) in [6.07, 6.45) is 7.47. The molecular weight excluding hydrogens is 270 g/mol. The van der Waals surface area contributed by atoms with E-state index < -0.39 is 20.6 Å². The summed E-state index contributed by atoms with van der Waals surface area (Å²) in [5, 5.41) is 3.29. The summed E-state index contributed by atoms with van der Waals surface area (Å²) in [5.74, 6) is 0.705. The maximum atomic E-state index is 11.6. The minimum Gasteiger partial charge on any atom is -0.311 e. The van der Waals surface area contributed by atoms with E-state index in [4.69, 9.17) is 0 Å². The molecular formula is C12H25NO3S2. The Hall–Kier alpha value is 0.0600. The van der Waals surface area contributed by atoms with Gasteiger partial charge in [0.15, 0.2) is 0 Å². The average Bonchev–Trinajstić information content (AvgIpc) is 2.25. The van der Waals surface area contributed by atoms with Gasteiger partial charge in [0, 0.05) is 41.1 Å². The second-order valence-corrected chi connectivity index (χ2v) is 9.33. The van der Waals surface area contributed by atoms with Crippen molar-refractivity contribution >= 4 is 20.6 Å². The van der Waals surface area contributed by atoms with Gasteiger partial charge in [-0.15, -0.1) is 0 Å². The summed E-state index contributed by atoms with van der Waals surface area (Å²) >= 11 is 0. The molecule has 0 bridgehead atoms. The molecule has 0 spiro atoms. The van der Waals surface area contributed by atoms with Crippen molar-refractivity contribution in [3.63, 3.8) is 0 Å². The lowest BCUT2D eigenvalue weighted by molar-refractivity contribution is 0.341.